The molecule has 0 radical (unpaired) electrons. The van der Waals surface area contributed by atoms with Gasteiger partial charge < -0.3 is 0 Å². The minimum absolute atomic E-state index is 0.0465. The molecule has 1 aromatic carbocycles. The van der Waals surface area contributed by atoms with Gasteiger partial charge in [0.15, 0.2) is 9.84 Å². The number of aromatic amines is 1. The second-order valence-electron chi connectivity index (χ2n) is 4.17. The number of H-pyrrole nitrogens is 1. The van der Waals surface area contributed by atoms with Crippen LogP contribution in [0.4, 0.5) is 0 Å². The topological polar surface area (TPSA) is 109 Å². The fraction of sp³-hybridized carbons (Fsp3) is 0.182. The van der Waals surface area contributed by atoms with E-state index in [1.54, 1.807) is 12.1 Å². The highest BCUT2D eigenvalue weighted by Gasteiger charge is 2.14. The van der Waals surface area contributed by atoms with Gasteiger partial charge in [0, 0.05) is 19.0 Å². The molecule has 0 fully saturated rings. The van der Waals surface area contributed by atoms with Crippen LogP contribution < -0.4 is 4.72 Å². The lowest BCUT2D eigenvalue weighted by Gasteiger charge is -2.05. The first kappa shape index (κ1) is 14.7. The van der Waals surface area contributed by atoms with Crippen LogP contribution in [-0.2, 0) is 26.4 Å². The number of nitrogens with zero attached hydrogens (tertiary/aromatic N) is 1. The predicted octanol–water partition coefficient (Wildman–Crippen LogP) is 0.292. The number of sulfonamides is 1. The van der Waals surface area contributed by atoms with Crippen LogP contribution in [-0.4, -0.2) is 33.3 Å². The second-order valence-corrected chi connectivity index (χ2v) is 7.96. The first-order chi connectivity index (χ1) is 9.29. The van der Waals surface area contributed by atoms with E-state index in [9.17, 15) is 16.8 Å². The van der Waals surface area contributed by atoms with Gasteiger partial charge >= 0.3 is 0 Å². The number of hydrogen-bond donors (Lipinski definition) is 2. The molecular formula is C11H13N3O4S2. The van der Waals surface area contributed by atoms with E-state index in [1.165, 1.54) is 24.5 Å². The molecule has 0 aliphatic carbocycles. The molecule has 2 N–H and O–H groups in total. The molecule has 0 saturated carbocycles. The number of hydrogen-bond acceptors (Lipinski definition) is 5. The Kier molecular flexibility index (Phi) is 3.93. The zero-order valence-electron chi connectivity index (χ0n) is 10.6. The van der Waals surface area contributed by atoms with Crippen LogP contribution in [0.3, 0.4) is 0 Å². The van der Waals surface area contributed by atoms with E-state index in [2.05, 4.69) is 14.9 Å². The molecule has 0 aliphatic heterocycles. The Labute approximate surface area is 117 Å². The maximum absolute atomic E-state index is 11.8. The predicted molar refractivity (Wildman–Crippen MR) is 72.2 cm³/mol. The summed E-state index contributed by atoms with van der Waals surface area (Å²) >= 11 is 0. The molecule has 9 heteroatoms. The number of rotatable bonds is 5. The van der Waals surface area contributed by atoms with Gasteiger partial charge in [0.25, 0.3) is 0 Å². The van der Waals surface area contributed by atoms with Crippen molar-refractivity contribution in [2.45, 2.75) is 16.3 Å². The van der Waals surface area contributed by atoms with Crippen molar-refractivity contribution in [2.24, 2.45) is 0 Å². The van der Waals surface area contributed by atoms with Gasteiger partial charge in [-0.25, -0.2) is 21.6 Å². The normalized spacial score (nSPS) is 12.4. The van der Waals surface area contributed by atoms with Crippen LogP contribution in [0.25, 0.3) is 0 Å². The van der Waals surface area contributed by atoms with Crippen molar-refractivity contribution in [2.75, 3.05) is 6.26 Å². The minimum Gasteiger partial charge on any atom is -0.284 e. The van der Waals surface area contributed by atoms with Gasteiger partial charge in [-0.2, -0.15) is 5.10 Å². The number of nitrogens with one attached hydrogen (secondary N) is 2. The van der Waals surface area contributed by atoms with Crippen molar-refractivity contribution >= 4 is 19.9 Å². The molecule has 0 aliphatic rings. The zero-order valence-corrected chi connectivity index (χ0v) is 12.2. The van der Waals surface area contributed by atoms with Gasteiger partial charge in [0.2, 0.25) is 10.0 Å². The summed E-state index contributed by atoms with van der Waals surface area (Å²) in [5.74, 6) is 0. The Morgan fingerprint density at radius 3 is 2.25 bits per heavy atom. The lowest BCUT2D eigenvalue weighted by Crippen LogP contribution is -2.22. The molecule has 0 unspecified atom stereocenters. The van der Waals surface area contributed by atoms with Crippen LogP contribution in [0.15, 0.2) is 46.5 Å². The maximum Gasteiger partial charge on any atom is 0.243 e. The molecule has 1 heterocycles. The van der Waals surface area contributed by atoms with E-state index in [-0.39, 0.29) is 16.3 Å². The highest BCUT2D eigenvalue weighted by atomic mass is 32.2. The SMILES string of the molecule is CS(=O)(=O)c1ccc(CNS(=O)(=O)c2cn[nH]c2)cc1. The van der Waals surface area contributed by atoms with Crippen LogP contribution in [0.5, 0.6) is 0 Å². The molecular weight excluding hydrogens is 302 g/mol. The Balaban J connectivity index is 2.09. The first-order valence-corrected chi connectivity index (χ1v) is 8.94. The number of sulfone groups is 1. The molecule has 0 atom stereocenters. The number of benzene rings is 1. The summed E-state index contributed by atoms with van der Waals surface area (Å²) in [4.78, 5) is 0.240. The molecule has 0 spiro atoms. The minimum atomic E-state index is -3.62. The third-order valence-electron chi connectivity index (χ3n) is 2.60. The largest absolute Gasteiger partial charge is 0.284 e. The van der Waals surface area contributed by atoms with Gasteiger partial charge in [-0.05, 0) is 17.7 Å². The van der Waals surface area contributed by atoms with Crippen molar-refractivity contribution < 1.29 is 16.8 Å². The highest BCUT2D eigenvalue weighted by molar-refractivity contribution is 7.90. The van der Waals surface area contributed by atoms with Gasteiger partial charge in [0.05, 0.1) is 11.1 Å². The van der Waals surface area contributed by atoms with Gasteiger partial charge in [-0.15, -0.1) is 0 Å². The van der Waals surface area contributed by atoms with E-state index in [0.29, 0.717) is 5.56 Å². The van der Waals surface area contributed by atoms with E-state index >= 15 is 0 Å². The van der Waals surface area contributed by atoms with Crippen LogP contribution >= 0.6 is 0 Å². The molecule has 2 rings (SSSR count). The molecule has 0 saturated heterocycles. The van der Waals surface area contributed by atoms with Gasteiger partial charge in [-0.3, -0.25) is 5.10 Å². The van der Waals surface area contributed by atoms with Gasteiger partial charge in [0.1, 0.15) is 4.90 Å². The van der Waals surface area contributed by atoms with Crippen molar-refractivity contribution in [1.82, 2.24) is 14.9 Å². The Morgan fingerprint density at radius 2 is 1.75 bits per heavy atom. The fourth-order valence-corrected chi connectivity index (χ4v) is 3.06. The Bertz CT molecular complexity index is 779. The monoisotopic (exact) mass is 315 g/mol. The summed E-state index contributed by atoms with van der Waals surface area (Å²) in [5, 5.41) is 5.99. The summed E-state index contributed by atoms with van der Waals surface area (Å²) in [7, 11) is -6.87. The first-order valence-electron chi connectivity index (χ1n) is 5.56. The van der Waals surface area contributed by atoms with Crippen molar-refractivity contribution in [1.29, 1.82) is 0 Å². The van der Waals surface area contributed by atoms with E-state index in [1.807, 2.05) is 0 Å². The third kappa shape index (κ3) is 3.44. The molecule has 108 valence electrons. The average molecular weight is 315 g/mol. The second kappa shape index (κ2) is 5.35. The summed E-state index contributed by atoms with van der Waals surface area (Å²) in [6.07, 6.45) is 3.59. The Hall–Kier alpha value is -1.71. The van der Waals surface area contributed by atoms with Crippen LogP contribution in [0, 0.1) is 0 Å². The maximum atomic E-state index is 11.8. The Morgan fingerprint density at radius 1 is 1.10 bits per heavy atom. The molecule has 20 heavy (non-hydrogen) atoms. The molecule has 0 bridgehead atoms. The quantitative estimate of drug-likeness (QED) is 0.824. The summed E-state index contributed by atoms with van der Waals surface area (Å²) in [6.45, 7) is 0.0670. The highest BCUT2D eigenvalue weighted by Crippen LogP contribution is 2.11. The molecule has 2 aromatic rings. The summed E-state index contributed by atoms with van der Waals surface area (Å²) in [6, 6.07) is 6.01. The zero-order chi connectivity index (χ0) is 14.8. The third-order valence-corrected chi connectivity index (χ3v) is 5.10. The van der Waals surface area contributed by atoms with E-state index in [0.717, 1.165) is 6.26 Å². The molecule has 0 amide bonds. The van der Waals surface area contributed by atoms with Crippen molar-refractivity contribution in [3.63, 3.8) is 0 Å². The summed E-state index contributed by atoms with van der Waals surface area (Å²) in [5.41, 5.74) is 0.657. The van der Waals surface area contributed by atoms with Gasteiger partial charge in [-0.1, -0.05) is 12.1 Å². The fourth-order valence-electron chi connectivity index (χ4n) is 1.50. The molecule has 1 aromatic heterocycles. The molecule has 7 nitrogen and oxygen atoms in total. The van der Waals surface area contributed by atoms with Crippen LogP contribution in [0.2, 0.25) is 0 Å². The van der Waals surface area contributed by atoms with Crippen LogP contribution in [0.1, 0.15) is 5.56 Å². The summed E-state index contributed by atoms with van der Waals surface area (Å²) < 4.78 is 48.6. The van der Waals surface area contributed by atoms with Crippen molar-refractivity contribution in [3.05, 3.63) is 42.2 Å². The number of aromatic nitrogens is 2. The lowest BCUT2D eigenvalue weighted by atomic mass is 10.2. The smallest absolute Gasteiger partial charge is 0.243 e. The lowest BCUT2D eigenvalue weighted by molar-refractivity contribution is 0.581. The average Bonchev–Trinajstić information content (AvgIpc) is 2.90. The van der Waals surface area contributed by atoms with E-state index in [4.69, 9.17) is 0 Å². The van der Waals surface area contributed by atoms with Crippen molar-refractivity contribution in [3.8, 4) is 0 Å². The standard InChI is InChI=1S/C11H13N3O4S2/c1-19(15,16)10-4-2-9(3-5-10)6-14-20(17,18)11-7-12-13-8-11/h2-5,7-8,14H,6H2,1H3,(H,12,13). The van der Waals surface area contributed by atoms with E-state index < -0.39 is 19.9 Å².